The number of anilines is 1. The topological polar surface area (TPSA) is 155 Å². The highest BCUT2D eigenvalue weighted by Gasteiger charge is 2.37. The van der Waals surface area contributed by atoms with E-state index in [4.69, 9.17) is 10.5 Å². The Morgan fingerprint density at radius 1 is 1.08 bits per heavy atom. The highest BCUT2D eigenvalue weighted by atomic mass is 16.5. The van der Waals surface area contributed by atoms with Gasteiger partial charge in [-0.2, -0.15) is 0 Å². The molecular formula is C28H31N5O5. The molecule has 38 heavy (non-hydrogen) atoms. The molecule has 5 rings (SSSR count). The predicted octanol–water partition coefficient (Wildman–Crippen LogP) is 2.48. The highest BCUT2D eigenvalue weighted by Crippen LogP contribution is 2.36. The van der Waals surface area contributed by atoms with Gasteiger partial charge in [0, 0.05) is 16.6 Å². The van der Waals surface area contributed by atoms with E-state index in [1.54, 1.807) is 19.2 Å². The van der Waals surface area contributed by atoms with Crippen LogP contribution in [0.15, 0.2) is 42.5 Å². The van der Waals surface area contributed by atoms with Crippen molar-refractivity contribution in [3.63, 3.8) is 0 Å². The molecule has 0 spiro atoms. The molecule has 1 aromatic heterocycles. The molecule has 1 saturated carbocycles. The molecule has 2 aliphatic rings. The van der Waals surface area contributed by atoms with E-state index in [0.29, 0.717) is 29.5 Å². The van der Waals surface area contributed by atoms with Gasteiger partial charge in [0.05, 0.1) is 13.0 Å². The Morgan fingerprint density at radius 3 is 2.58 bits per heavy atom. The second-order valence-electron chi connectivity index (χ2n) is 10.1. The van der Waals surface area contributed by atoms with Gasteiger partial charge in [-0.1, -0.05) is 31.0 Å². The second kappa shape index (κ2) is 10.2. The van der Waals surface area contributed by atoms with Crippen LogP contribution >= 0.6 is 0 Å². The van der Waals surface area contributed by atoms with Crippen molar-refractivity contribution in [3.05, 3.63) is 59.3 Å². The summed E-state index contributed by atoms with van der Waals surface area (Å²) < 4.78 is 5.37. The summed E-state index contributed by atoms with van der Waals surface area (Å²) in [6.45, 7) is 1.92. The lowest BCUT2D eigenvalue weighted by Crippen LogP contribution is -2.53. The highest BCUT2D eigenvalue weighted by molar-refractivity contribution is 6.04. The van der Waals surface area contributed by atoms with Crippen LogP contribution in [0.4, 0.5) is 5.69 Å². The number of ether oxygens (including phenoxy) is 1. The maximum atomic E-state index is 13.3. The van der Waals surface area contributed by atoms with E-state index >= 15 is 0 Å². The monoisotopic (exact) mass is 517 g/mol. The molecule has 6 N–H and O–H groups in total. The Labute approximate surface area is 219 Å². The summed E-state index contributed by atoms with van der Waals surface area (Å²) in [5.41, 5.74) is 9.12. The van der Waals surface area contributed by atoms with Crippen LogP contribution in [0.25, 0.3) is 10.9 Å². The van der Waals surface area contributed by atoms with Gasteiger partial charge in [-0.25, -0.2) is 0 Å². The minimum Gasteiger partial charge on any atom is -0.496 e. The maximum absolute atomic E-state index is 13.3. The van der Waals surface area contributed by atoms with Crippen LogP contribution < -0.4 is 26.4 Å². The van der Waals surface area contributed by atoms with Crippen LogP contribution in [0.2, 0.25) is 0 Å². The van der Waals surface area contributed by atoms with Gasteiger partial charge in [-0.3, -0.25) is 19.2 Å². The summed E-state index contributed by atoms with van der Waals surface area (Å²) in [4.78, 5) is 54.5. The molecular weight excluding hydrogens is 486 g/mol. The number of aryl methyl sites for hydroxylation is 1. The molecule has 2 heterocycles. The molecule has 2 aromatic carbocycles. The van der Waals surface area contributed by atoms with Crippen LogP contribution in [0, 0.1) is 12.8 Å². The van der Waals surface area contributed by atoms with E-state index in [1.165, 1.54) is 0 Å². The molecule has 0 bridgehead atoms. The molecule has 3 unspecified atom stereocenters. The quantitative estimate of drug-likeness (QED) is 0.279. The molecule has 3 atom stereocenters. The molecule has 1 aliphatic carbocycles. The Kier molecular flexibility index (Phi) is 6.79. The SMILES string of the molecule is COc1cccc2[nH]c(C(=O)NC(CC3CC3)C(=O)NC(CC3C(=O)Nc4cc(C)ccc43)C(N)=O)cc12. The number of methoxy groups -OCH3 is 1. The van der Waals surface area contributed by atoms with E-state index < -0.39 is 35.7 Å². The molecule has 1 fully saturated rings. The number of nitrogens with one attached hydrogen (secondary N) is 4. The van der Waals surface area contributed by atoms with E-state index in [9.17, 15) is 19.2 Å². The number of primary amides is 1. The van der Waals surface area contributed by atoms with Crippen molar-refractivity contribution < 1.29 is 23.9 Å². The molecule has 198 valence electrons. The van der Waals surface area contributed by atoms with Crippen molar-refractivity contribution in [1.29, 1.82) is 0 Å². The lowest BCUT2D eigenvalue weighted by molar-refractivity contribution is -0.129. The van der Waals surface area contributed by atoms with Gasteiger partial charge in [0.2, 0.25) is 17.7 Å². The van der Waals surface area contributed by atoms with E-state index in [-0.39, 0.29) is 12.3 Å². The number of hydrogen-bond donors (Lipinski definition) is 5. The summed E-state index contributed by atoms with van der Waals surface area (Å²) in [6, 6.07) is 10.8. The van der Waals surface area contributed by atoms with Gasteiger partial charge in [-0.15, -0.1) is 0 Å². The standard InChI is InChI=1S/C28H31N5O5/c1-14-6-9-16-17(26(35)31-20(16)10-14)12-21(25(29)34)32-27(36)22(11-15-7-8-15)33-28(37)23-13-18-19(30-23)4-3-5-24(18)38-2/h3-6,9-10,13,15,17,21-22,30H,7-8,11-12H2,1-2H3,(H2,29,34)(H,31,35)(H,32,36)(H,33,37). The van der Waals surface area contributed by atoms with Crippen LogP contribution in [0.5, 0.6) is 5.75 Å². The van der Waals surface area contributed by atoms with Gasteiger partial charge in [0.1, 0.15) is 23.5 Å². The second-order valence-corrected chi connectivity index (χ2v) is 10.1. The van der Waals surface area contributed by atoms with Crippen LogP contribution in [-0.2, 0) is 14.4 Å². The third-order valence-electron chi connectivity index (χ3n) is 7.27. The normalized spacial score (nSPS) is 17.8. The first kappa shape index (κ1) is 25.3. The molecule has 3 aromatic rings. The summed E-state index contributed by atoms with van der Waals surface area (Å²) in [7, 11) is 1.56. The molecule has 0 radical (unpaired) electrons. The fraction of sp³-hybridized carbons (Fsp3) is 0.357. The van der Waals surface area contributed by atoms with E-state index in [1.807, 2.05) is 37.3 Å². The van der Waals surface area contributed by atoms with Crippen molar-refractivity contribution in [3.8, 4) is 5.75 Å². The Morgan fingerprint density at radius 2 is 1.87 bits per heavy atom. The average Bonchev–Trinajstić information content (AvgIpc) is 3.50. The van der Waals surface area contributed by atoms with Gasteiger partial charge in [0.15, 0.2) is 0 Å². The van der Waals surface area contributed by atoms with Gasteiger partial charge in [-0.05, 0) is 61.1 Å². The van der Waals surface area contributed by atoms with E-state index in [0.717, 1.165) is 34.9 Å². The average molecular weight is 518 g/mol. The number of rotatable bonds is 10. The molecule has 10 heteroatoms. The van der Waals surface area contributed by atoms with Gasteiger partial charge >= 0.3 is 0 Å². The number of H-pyrrole nitrogens is 1. The van der Waals surface area contributed by atoms with E-state index in [2.05, 4.69) is 20.9 Å². The van der Waals surface area contributed by atoms with Crippen LogP contribution in [0.3, 0.4) is 0 Å². The lowest BCUT2D eigenvalue weighted by atomic mass is 9.92. The Balaban J connectivity index is 1.31. The number of benzene rings is 2. The number of fused-ring (bicyclic) bond motifs is 2. The Bertz CT molecular complexity index is 1430. The number of aromatic amines is 1. The fourth-order valence-electron chi connectivity index (χ4n) is 5.01. The van der Waals surface area contributed by atoms with Crippen LogP contribution in [-0.4, -0.2) is 47.8 Å². The zero-order chi connectivity index (χ0) is 27.0. The van der Waals surface area contributed by atoms with Gasteiger partial charge < -0.3 is 31.4 Å². The zero-order valence-electron chi connectivity index (χ0n) is 21.3. The van der Waals surface area contributed by atoms with Crippen molar-refractivity contribution in [2.75, 3.05) is 12.4 Å². The third-order valence-corrected chi connectivity index (χ3v) is 7.27. The summed E-state index contributed by atoms with van der Waals surface area (Å²) in [6.07, 6.45) is 2.41. The van der Waals surface area contributed by atoms with Crippen molar-refractivity contribution >= 4 is 40.2 Å². The number of amides is 4. The first-order valence-corrected chi connectivity index (χ1v) is 12.7. The van der Waals surface area contributed by atoms with Gasteiger partial charge in [0.25, 0.3) is 5.91 Å². The largest absolute Gasteiger partial charge is 0.496 e. The minimum absolute atomic E-state index is 0.0227. The maximum Gasteiger partial charge on any atom is 0.268 e. The molecule has 4 amide bonds. The number of carbonyl (C=O) groups excluding carboxylic acids is 4. The number of nitrogens with two attached hydrogens (primary N) is 1. The molecule has 10 nitrogen and oxygen atoms in total. The fourth-order valence-corrected chi connectivity index (χ4v) is 5.01. The smallest absolute Gasteiger partial charge is 0.268 e. The van der Waals surface area contributed by atoms with Crippen molar-refractivity contribution in [2.45, 2.75) is 50.6 Å². The van der Waals surface area contributed by atoms with Crippen molar-refractivity contribution in [2.24, 2.45) is 11.7 Å². The predicted molar refractivity (Wildman–Crippen MR) is 142 cm³/mol. The minimum atomic E-state index is -1.08. The summed E-state index contributed by atoms with van der Waals surface area (Å²) >= 11 is 0. The third kappa shape index (κ3) is 5.20. The zero-order valence-corrected chi connectivity index (χ0v) is 21.3. The Hall–Kier alpha value is -4.34. The first-order valence-electron chi connectivity index (χ1n) is 12.7. The number of hydrogen-bond acceptors (Lipinski definition) is 5. The van der Waals surface area contributed by atoms with Crippen molar-refractivity contribution in [1.82, 2.24) is 15.6 Å². The number of carbonyl (C=O) groups is 4. The lowest BCUT2D eigenvalue weighted by Gasteiger charge is -2.23. The number of aromatic nitrogens is 1. The summed E-state index contributed by atoms with van der Waals surface area (Å²) in [5.74, 6) is -1.63. The molecule has 1 aliphatic heterocycles. The first-order chi connectivity index (χ1) is 18.2. The molecule has 0 saturated heterocycles. The summed E-state index contributed by atoms with van der Waals surface area (Å²) in [5, 5.41) is 9.11. The van der Waals surface area contributed by atoms with Crippen LogP contribution in [0.1, 0.15) is 53.2 Å².